The Balaban J connectivity index is 1.47. The number of carbonyl (C=O) groups is 1. The molecule has 1 saturated carbocycles. The zero-order valence-electron chi connectivity index (χ0n) is 15.2. The van der Waals surface area contributed by atoms with Gasteiger partial charge in [0.2, 0.25) is 5.91 Å². The van der Waals surface area contributed by atoms with Gasteiger partial charge in [0, 0.05) is 30.1 Å². The Hall–Kier alpha value is -2.62. The molecule has 0 radical (unpaired) electrons. The van der Waals surface area contributed by atoms with Gasteiger partial charge in [-0.15, -0.1) is 0 Å². The highest BCUT2D eigenvalue weighted by Crippen LogP contribution is 2.29. The summed E-state index contributed by atoms with van der Waals surface area (Å²) in [4.78, 5) is 17.0. The molecule has 2 heterocycles. The number of benzene rings is 1. The number of fused-ring (bicyclic) bond motifs is 1. The average molecular weight is 347 g/mol. The smallest absolute Gasteiger partial charge is 0.224 e. The van der Waals surface area contributed by atoms with Crippen LogP contribution in [0.3, 0.4) is 0 Å². The zero-order valence-corrected chi connectivity index (χ0v) is 15.2. The number of amides is 1. The molecule has 2 aromatic heterocycles. The molecule has 4 nitrogen and oxygen atoms in total. The van der Waals surface area contributed by atoms with Gasteiger partial charge in [-0.1, -0.05) is 43.9 Å². The summed E-state index contributed by atoms with van der Waals surface area (Å²) >= 11 is 0. The van der Waals surface area contributed by atoms with E-state index in [-0.39, 0.29) is 5.91 Å². The lowest BCUT2D eigenvalue weighted by Gasteiger charge is -2.09. The van der Waals surface area contributed by atoms with Gasteiger partial charge in [-0.05, 0) is 43.0 Å². The van der Waals surface area contributed by atoms with Gasteiger partial charge in [-0.3, -0.25) is 4.79 Å². The van der Waals surface area contributed by atoms with Gasteiger partial charge in [0.05, 0.1) is 5.69 Å². The van der Waals surface area contributed by atoms with Gasteiger partial charge >= 0.3 is 0 Å². The third-order valence-corrected chi connectivity index (χ3v) is 5.37. The average Bonchev–Trinajstić information content (AvgIpc) is 3.30. The first-order valence-corrected chi connectivity index (χ1v) is 9.54. The Morgan fingerprint density at radius 1 is 1.23 bits per heavy atom. The second-order valence-corrected chi connectivity index (χ2v) is 7.37. The van der Waals surface area contributed by atoms with Crippen molar-refractivity contribution in [2.45, 2.75) is 45.4 Å². The topological polar surface area (TPSA) is 46.4 Å². The Labute approximate surface area is 154 Å². The van der Waals surface area contributed by atoms with E-state index in [1.807, 2.05) is 47.1 Å². The number of nitrogens with one attached hydrogen (secondary N) is 1. The first kappa shape index (κ1) is 16.8. The van der Waals surface area contributed by atoms with Gasteiger partial charge in [-0.2, -0.15) is 0 Å². The van der Waals surface area contributed by atoms with E-state index in [0.29, 0.717) is 6.42 Å². The molecule has 0 aliphatic heterocycles. The SMILES string of the molecule is Cc1cccn2cc(-c3cccc(NC(=O)CCC4CCCC4)c3)nc12. The van der Waals surface area contributed by atoms with Crippen LogP contribution in [0.1, 0.15) is 44.1 Å². The predicted molar refractivity (Wildman–Crippen MR) is 105 cm³/mol. The van der Waals surface area contributed by atoms with E-state index in [2.05, 4.69) is 18.3 Å². The highest BCUT2D eigenvalue weighted by molar-refractivity contribution is 5.91. The maximum absolute atomic E-state index is 12.3. The Morgan fingerprint density at radius 3 is 2.88 bits per heavy atom. The first-order valence-electron chi connectivity index (χ1n) is 9.54. The van der Waals surface area contributed by atoms with Crippen LogP contribution in [0.5, 0.6) is 0 Å². The molecule has 4 heteroatoms. The molecule has 0 atom stereocenters. The molecule has 0 spiro atoms. The molecule has 1 N–H and O–H groups in total. The predicted octanol–water partition coefficient (Wildman–Crippen LogP) is 5.22. The molecule has 1 aromatic carbocycles. The molecular weight excluding hydrogens is 322 g/mol. The third kappa shape index (κ3) is 3.64. The van der Waals surface area contributed by atoms with Crippen molar-refractivity contribution < 1.29 is 4.79 Å². The van der Waals surface area contributed by atoms with E-state index < -0.39 is 0 Å². The lowest BCUT2D eigenvalue weighted by molar-refractivity contribution is -0.116. The van der Waals surface area contributed by atoms with Crippen molar-refractivity contribution in [3.05, 3.63) is 54.4 Å². The molecule has 1 aliphatic carbocycles. The highest BCUT2D eigenvalue weighted by atomic mass is 16.1. The largest absolute Gasteiger partial charge is 0.326 e. The van der Waals surface area contributed by atoms with Gasteiger partial charge in [-0.25, -0.2) is 4.98 Å². The normalized spacial score (nSPS) is 14.8. The first-order chi connectivity index (χ1) is 12.7. The zero-order chi connectivity index (χ0) is 17.9. The number of imidazole rings is 1. The fourth-order valence-electron chi connectivity index (χ4n) is 3.91. The summed E-state index contributed by atoms with van der Waals surface area (Å²) in [5.74, 6) is 0.855. The fraction of sp³-hybridized carbons (Fsp3) is 0.364. The molecule has 1 fully saturated rings. The molecule has 0 unspecified atom stereocenters. The molecule has 4 rings (SSSR count). The number of anilines is 1. The minimum absolute atomic E-state index is 0.111. The number of rotatable bonds is 5. The summed E-state index contributed by atoms with van der Waals surface area (Å²) in [5, 5.41) is 3.05. The van der Waals surface area contributed by atoms with E-state index in [9.17, 15) is 4.79 Å². The van der Waals surface area contributed by atoms with Crippen molar-refractivity contribution in [1.29, 1.82) is 0 Å². The molecule has 3 aromatic rings. The number of aromatic nitrogens is 2. The Bertz CT molecular complexity index is 922. The number of carbonyl (C=O) groups excluding carboxylic acids is 1. The van der Waals surface area contributed by atoms with Gasteiger partial charge < -0.3 is 9.72 Å². The van der Waals surface area contributed by atoms with Crippen LogP contribution in [0.15, 0.2) is 48.8 Å². The van der Waals surface area contributed by atoms with Crippen LogP contribution in [0, 0.1) is 12.8 Å². The van der Waals surface area contributed by atoms with Crippen molar-refractivity contribution >= 4 is 17.2 Å². The second kappa shape index (κ2) is 7.32. The molecule has 134 valence electrons. The monoisotopic (exact) mass is 347 g/mol. The summed E-state index contributed by atoms with van der Waals surface area (Å²) in [6.45, 7) is 2.06. The summed E-state index contributed by atoms with van der Waals surface area (Å²) < 4.78 is 2.04. The maximum Gasteiger partial charge on any atom is 0.224 e. The van der Waals surface area contributed by atoms with E-state index in [1.165, 1.54) is 25.7 Å². The number of hydrogen-bond acceptors (Lipinski definition) is 2. The molecule has 26 heavy (non-hydrogen) atoms. The molecular formula is C22H25N3O. The van der Waals surface area contributed by atoms with Crippen molar-refractivity contribution in [2.75, 3.05) is 5.32 Å². The summed E-state index contributed by atoms with van der Waals surface area (Å²) in [7, 11) is 0. The van der Waals surface area contributed by atoms with Crippen LogP contribution in [0.4, 0.5) is 5.69 Å². The van der Waals surface area contributed by atoms with Crippen LogP contribution in [0.2, 0.25) is 0 Å². The highest BCUT2D eigenvalue weighted by Gasteiger charge is 2.16. The van der Waals surface area contributed by atoms with Crippen molar-refractivity contribution in [2.24, 2.45) is 5.92 Å². The number of aryl methyl sites for hydroxylation is 1. The minimum Gasteiger partial charge on any atom is -0.326 e. The van der Waals surface area contributed by atoms with Gasteiger partial charge in [0.1, 0.15) is 5.65 Å². The lowest BCUT2D eigenvalue weighted by Crippen LogP contribution is -2.12. The van der Waals surface area contributed by atoms with Crippen LogP contribution in [0.25, 0.3) is 16.9 Å². The number of pyridine rings is 1. The minimum atomic E-state index is 0.111. The van der Waals surface area contributed by atoms with E-state index >= 15 is 0 Å². The molecule has 0 saturated heterocycles. The lowest BCUT2D eigenvalue weighted by atomic mass is 10.0. The molecule has 1 amide bonds. The van der Waals surface area contributed by atoms with Crippen molar-refractivity contribution in [1.82, 2.24) is 9.38 Å². The number of hydrogen-bond donors (Lipinski definition) is 1. The third-order valence-electron chi connectivity index (χ3n) is 5.37. The van der Waals surface area contributed by atoms with Crippen molar-refractivity contribution in [3.63, 3.8) is 0 Å². The maximum atomic E-state index is 12.3. The van der Waals surface area contributed by atoms with Crippen LogP contribution < -0.4 is 5.32 Å². The van der Waals surface area contributed by atoms with Crippen molar-refractivity contribution in [3.8, 4) is 11.3 Å². The standard InChI is InChI=1S/C22H25N3O/c1-16-6-5-13-25-15-20(24-22(16)25)18-9-4-10-19(14-18)23-21(26)12-11-17-7-2-3-8-17/h4-6,9-10,13-15,17H,2-3,7-8,11-12H2,1H3,(H,23,26). The second-order valence-electron chi connectivity index (χ2n) is 7.37. The molecule has 1 aliphatic rings. The molecule has 0 bridgehead atoms. The summed E-state index contributed by atoms with van der Waals surface area (Å²) in [6, 6.07) is 12.0. The van der Waals surface area contributed by atoms with Crippen LogP contribution in [-0.2, 0) is 4.79 Å². The quantitative estimate of drug-likeness (QED) is 0.688. The van der Waals surface area contributed by atoms with Crippen LogP contribution >= 0.6 is 0 Å². The van der Waals surface area contributed by atoms with Gasteiger partial charge in [0.15, 0.2) is 0 Å². The van der Waals surface area contributed by atoms with E-state index in [0.717, 1.165) is 40.5 Å². The summed E-state index contributed by atoms with van der Waals surface area (Å²) in [6.07, 6.45) is 10.9. The van der Waals surface area contributed by atoms with Gasteiger partial charge in [0.25, 0.3) is 0 Å². The summed E-state index contributed by atoms with van der Waals surface area (Å²) in [5.41, 5.74) is 4.89. The number of nitrogens with zero attached hydrogens (tertiary/aromatic N) is 2. The van der Waals surface area contributed by atoms with E-state index in [4.69, 9.17) is 4.98 Å². The Morgan fingerprint density at radius 2 is 2.08 bits per heavy atom. The Kier molecular flexibility index (Phi) is 4.74. The van der Waals surface area contributed by atoms with E-state index in [1.54, 1.807) is 0 Å². The fourth-order valence-corrected chi connectivity index (χ4v) is 3.91. The van der Waals surface area contributed by atoms with Crippen LogP contribution in [-0.4, -0.2) is 15.3 Å².